The molecule has 0 N–H and O–H groups in total. The van der Waals surface area contributed by atoms with Gasteiger partial charge in [-0.3, -0.25) is 4.68 Å². The van der Waals surface area contributed by atoms with Gasteiger partial charge < -0.3 is 4.74 Å². The lowest BCUT2D eigenvalue weighted by atomic mass is 10.2. The number of ether oxygens (including phenoxy) is 1. The number of rotatable bonds is 3. The maximum absolute atomic E-state index is 12.9. The lowest BCUT2D eigenvalue weighted by molar-refractivity contribution is -0.00259. The number of benzene rings is 1. The zero-order valence-electron chi connectivity index (χ0n) is 12.9. The molecule has 1 fully saturated rings. The molecule has 1 saturated heterocycles. The molecule has 2 heterocycles. The molecule has 1 aromatic heterocycles. The molecule has 126 valence electrons. The molecule has 1 aliphatic heterocycles. The second-order valence-electron chi connectivity index (χ2n) is 5.42. The molecule has 3 rings (SSSR count). The largest absolute Gasteiger partial charge is 0.371 e. The first-order valence-corrected chi connectivity index (χ1v) is 9.03. The maximum Gasteiger partial charge on any atom is 0.244 e. The first kappa shape index (κ1) is 16.9. The van der Waals surface area contributed by atoms with E-state index in [2.05, 4.69) is 5.10 Å². The van der Waals surface area contributed by atoms with Crippen molar-refractivity contribution < 1.29 is 13.2 Å². The van der Waals surface area contributed by atoms with E-state index in [9.17, 15) is 13.7 Å². The molecule has 2 aromatic rings. The van der Waals surface area contributed by atoms with Gasteiger partial charge in [-0.25, -0.2) is 8.42 Å². The first-order valence-electron chi connectivity index (χ1n) is 7.22. The summed E-state index contributed by atoms with van der Waals surface area (Å²) in [4.78, 5) is -0.0793. The third kappa shape index (κ3) is 3.16. The van der Waals surface area contributed by atoms with Gasteiger partial charge in [0.05, 0.1) is 24.5 Å². The van der Waals surface area contributed by atoms with Crippen molar-refractivity contribution in [1.82, 2.24) is 14.1 Å². The van der Waals surface area contributed by atoms with Crippen molar-refractivity contribution in [2.24, 2.45) is 7.05 Å². The van der Waals surface area contributed by atoms with Gasteiger partial charge in [-0.2, -0.15) is 14.7 Å². The van der Waals surface area contributed by atoms with Crippen LogP contribution in [0.1, 0.15) is 17.2 Å². The molecule has 9 heteroatoms. The molecule has 1 atom stereocenters. The van der Waals surface area contributed by atoms with Gasteiger partial charge in [-0.05, 0) is 18.2 Å². The van der Waals surface area contributed by atoms with Gasteiger partial charge in [-0.15, -0.1) is 0 Å². The van der Waals surface area contributed by atoms with Gasteiger partial charge >= 0.3 is 0 Å². The number of morpholine rings is 1. The molecule has 7 nitrogen and oxygen atoms in total. The van der Waals surface area contributed by atoms with Crippen LogP contribution in [0.15, 0.2) is 35.5 Å². The summed E-state index contributed by atoms with van der Waals surface area (Å²) < 4.78 is 34.5. The number of halogens is 1. The molecule has 0 unspecified atom stereocenters. The Bertz CT molecular complexity index is 904. The molecule has 0 radical (unpaired) electrons. The standard InChI is InChI=1S/C15H15ClN4O3S/c1-19-9-12(8-18-19)14-10-20(4-5-23-14)24(21,22)15-6-13(16)3-2-11(15)7-17/h2-3,6,8-9,14H,4-5,10H2,1H3/t14-/m1/s1. The van der Waals surface area contributed by atoms with Crippen LogP contribution in [0.3, 0.4) is 0 Å². The normalized spacial score (nSPS) is 19.1. The zero-order chi connectivity index (χ0) is 17.3. The van der Waals surface area contributed by atoms with Crippen LogP contribution in [-0.2, 0) is 21.8 Å². The van der Waals surface area contributed by atoms with Crippen LogP contribution in [0.4, 0.5) is 0 Å². The van der Waals surface area contributed by atoms with Crippen molar-refractivity contribution in [1.29, 1.82) is 5.26 Å². The van der Waals surface area contributed by atoms with Gasteiger partial charge in [0.25, 0.3) is 0 Å². The molecule has 0 aliphatic carbocycles. The van der Waals surface area contributed by atoms with E-state index >= 15 is 0 Å². The van der Waals surface area contributed by atoms with Crippen LogP contribution in [0, 0.1) is 11.3 Å². The quantitative estimate of drug-likeness (QED) is 0.825. The first-order chi connectivity index (χ1) is 11.4. The lowest BCUT2D eigenvalue weighted by Crippen LogP contribution is -2.42. The van der Waals surface area contributed by atoms with E-state index in [1.807, 2.05) is 6.07 Å². The Morgan fingerprint density at radius 2 is 2.25 bits per heavy atom. The molecule has 0 saturated carbocycles. The van der Waals surface area contributed by atoms with Crippen LogP contribution in [0.5, 0.6) is 0 Å². The highest BCUT2D eigenvalue weighted by molar-refractivity contribution is 7.89. The fourth-order valence-corrected chi connectivity index (χ4v) is 4.42. The SMILES string of the molecule is Cn1cc([C@H]2CN(S(=O)(=O)c3cc(Cl)ccc3C#N)CCO2)cn1. The second-order valence-corrected chi connectivity index (χ2v) is 7.76. The monoisotopic (exact) mass is 366 g/mol. The number of sulfonamides is 1. The predicted molar refractivity (Wildman–Crippen MR) is 86.8 cm³/mol. The van der Waals surface area contributed by atoms with Crippen molar-refractivity contribution in [2.45, 2.75) is 11.0 Å². The van der Waals surface area contributed by atoms with Crippen LogP contribution in [0.2, 0.25) is 5.02 Å². The van der Waals surface area contributed by atoms with Crippen LogP contribution in [-0.4, -0.2) is 42.2 Å². The van der Waals surface area contributed by atoms with E-state index in [1.54, 1.807) is 24.1 Å². The van der Waals surface area contributed by atoms with Crippen LogP contribution >= 0.6 is 11.6 Å². The highest BCUT2D eigenvalue weighted by Gasteiger charge is 2.33. The van der Waals surface area contributed by atoms with E-state index in [4.69, 9.17) is 16.3 Å². The number of aromatic nitrogens is 2. The van der Waals surface area contributed by atoms with Crippen molar-refractivity contribution in [3.63, 3.8) is 0 Å². The molecule has 0 bridgehead atoms. The van der Waals surface area contributed by atoms with Crippen molar-refractivity contribution in [3.05, 3.63) is 46.7 Å². The summed E-state index contributed by atoms with van der Waals surface area (Å²) in [5.74, 6) is 0. The Morgan fingerprint density at radius 3 is 2.92 bits per heavy atom. The minimum Gasteiger partial charge on any atom is -0.371 e. The van der Waals surface area contributed by atoms with Gasteiger partial charge in [-0.1, -0.05) is 11.6 Å². The predicted octanol–water partition coefficient (Wildman–Crippen LogP) is 1.71. The molecular weight excluding hydrogens is 352 g/mol. The average molecular weight is 367 g/mol. The highest BCUT2D eigenvalue weighted by Crippen LogP contribution is 2.28. The molecule has 1 aromatic carbocycles. The summed E-state index contributed by atoms with van der Waals surface area (Å²) in [6.07, 6.45) is 3.05. The number of hydrogen-bond acceptors (Lipinski definition) is 5. The summed E-state index contributed by atoms with van der Waals surface area (Å²) in [6, 6.07) is 6.12. The summed E-state index contributed by atoms with van der Waals surface area (Å²) >= 11 is 5.92. The van der Waals surface area contributed by atoms with E-state index in [0.717, 1.165) is 5.56 Å². The summed E-state index contributed by atoms with van der Waals surface area (Å²) in [5.41, 5.74) is 0.882. The zero-order valence-corrected chi connectivity index (χ0v) is 14.5. The average Bonchev–Trinajstić information content (AvgIpc) is 3.01. The molecular formula is C15H15ClN4O3S. The van der Waals surface area contributed by atoms with Crippen LogP contribution in [0.25, 0.3) is 0 Å². The molecule has 0 spiro atoms. The fourth-order valence-electron chi connectivity index (χ4n) is 2.59. The lowest BCUT2D eigenvalue weighted by Gasteiger charge is -2.31. The van der Waals surface area contributed by atoms with Crippen molar-refractivity contribution >= 4 is 21.6 Å². The Labute approximate surface area is 145 Å². The van der Waals surface area contributed by atoms with Crippen molar-refractivity contribution in [3.8, 4) is 6.07 Å². The van der Waals surface area contributed by atoms with E-state index in [1.165, 1.54) is 22.5 Å². The third-order valence-corrected chi connectivity index (χ3v) is 5.95. The van der Waals surface area contributed by atoms with Crippen molar-refractivity contribution in [2.75, 3.05) is 19.7 Å². The topological polar surface area (TPSA) is 88.2 Å². The summed E-state index contributed by atoms with van der Waals surface area (Å²) in [7, 11) is -2.06. The van der Waals surface area contributed by atoms with E-state index < -0.39 is 16.1 Å². The van der Waals surface area contributed by atoms with Gasteiger partial charge in [0.2, 0.25) is 10.0 Å². The molecule has 1 aliphatic rings. The number of nitriles is 1. The smallest absolute Gasteiger partial charge is 0.244 e. The fraction of sp³-hybridized carbons (Fsp3) is 0.333. The Kier molecular flexibility index (Phi) is 4.60. The Hall–Kier alpha value is -1.92. The van der Waals surface area contributed by atoms with Gasteiger partial charge in [0.15, 0.2) is 0 Å². The third-order valence-electron chi connectivity index (χ3n) is 3.81. The number of hydrogen-bond donors (Lipinski definition) is 0. The highest BCUT2D eigenvalue weighted by atomic mass is 35.5. The van der Waals surface area contributed by atoms with Gasteiger partial charge in [0, 0.05) is 36.9 Å². The minimum absolute atomic E-state index is 0.0730. The summed E-state index contributed by atoms with van der Waals surface area (Å²) in [6.45, 7) is 0.642. The van der Waals surface area contributed by atoms with Crippen LogP contribution < -0.4 is 0 Å². The Balaban J connectivity index is 1.93. The van der Waals surface area contributed by atoms with Gasteiger partial charge in [0.1, 0.15) is 11.0 Å². The molecule has 24 heavy (non-hydrogen) atoms. The molecule has 0 amide bonds. The number of aryl methyl sites for hydroxylation is 1. The second kappa shape index (κ2) is 6.53. The minimum atomic E-state index is -3.84. The summed E-state index contributed by atoms with van der Waals surface area (Å²) in [5, 5.41) is 13.5. The van der Waals surface area contributed by atoms with E-state index in [-0.39, 0.29) is 35.2 Å². The van der Waals surface area contributed by atoms with E-state index in [0.29, 0.717) is 0 Å². The Morgan fingerprint density at radius 1 is 1.46 bits per heavy atom. The maximum atomic E-state index is 12.9. The number of nitrogens with zero attached hydrogens (tertiary/aromatic N) is 4.